The molecule has 0 amide bonds. The zero-order valence-electron chi connectivity index (χ0n) is 11.6. The molecule has 1 heterocycles. The normalized spacial score (nSPS) is 23.3. The summed E-state index contributed by atoms with van der Waals surface area (Å²) in [4.78, 5) is 17.4. The van der Waals surface area contributed by atoms with Crippen LogP contribution in [0.5, 0.6) is 0 Å². The van der Waals surface area contributed by atoms with Crippen LogP contribution >= 0.6 is 11.3 Å². The van der Waals surface area contributed by atoms with Gasteiger partial charge in [-0.1, -0.05) is 6.92 Å². The molecule has 0 aromatic carbocycles. The van der Waals surface area contributed by atoms with E-state index in [4.69, 9.17) is 5.11 Å². The molecule has 2 rings (SSSR count). The van der Waals surface area contributed by atoms with E-state index in [0.717, 1.165) is 16.7 Å². The number of rotatable bonds is 5. The molecule has 0 saturated heterocycles. The number of anilines is 1. The smallest absolute Gasteiger partial charge is 0.303 e. The summed E-state index contributed by atoms with van der Waals surface area (Å²) in [6.07, 6.45) is 5.76. The maximum Gasteiger partial charge on any atom is 0.303 e. The van der Waals surface area contributed by atoms with Gasteiger partial charge >= 0.3 is 5.97 Å². The number of carbonyl (C=O) groups is 1. The molecule has 1 aliphatic carbocycles. The minimum Gasteiger partial charge on any atom is -0.481 e. The van der Waals surface area contributed by atoms with Gasteiger partial charge in [0.25, 0.3) is 0 Å². The molecule has 106 valence electrons. The minimum absolute atomic E-state index is 0.161. The van der Waals surface area contributed by atoms with E-state index in [9.17, 15) is 4.79 Å². The van der Waals surface area contributed by atoms with Crippen molar-refractivity contribution in [1.29, 1.82) is 0 Å². The van der Waals surface area contributed by atoms with Crippen LogP contribution in [0.2, 0.25) is 0 Å². The Bertz CT molecular complexity index is 425. The molecule has 0 atom stereocenters. The lowest BCUT2D eigenvalue weighted by Crippen LogP contribution is -2.34. The van der Waals surface area contributed by atoms with E-state index in [2.05, 4.69) is 23.9 Å². The van der Waals surface area contributed by atoms with Gasteiger partial charge < -0.3 is 10.0 Å². The third-order valence-electron chi connectivity index (χ3n) is 3.97. The van der Waals surface area contributed by atoms with Crippen LogP contribution in [0, 0.1) is 5.92 Å². The van der Waals surface area contributed by atoms with Crippen molar-refractivity contribution < 1.29 is 9.90 Å². The number of aliphatic carboxylic acids is 1. The fraction of sp³-hybridized carbons (Fsp3) is 0.714. The third kappa shape index (κ3) is 3.93. The fourth-order valence-corrected chi connectivity index (χ4v) is 3.49. The molecule has 1 aliphatic rings. The van der Waals surface area contributed by atoms with Crippen molar-refractivity contribution in [3.05, 3.63) is 11.1 Å². The first-order valence-electron chi connectivity index (χ1n) is 6.95. The molecule has 5 heteroatoms. The Morgan fingerprint density at radius 2 is 2.16 bits per heavy atom. The molecule has 19 heavy (non-hydrogen) atoms. The molecule has 1 aromatic rings. The van der Waals surface area contributed by atoms with Gasteiger partial charge in [0.05, 0.1) is 12.1 Å². The average molecular weight is 282 g/mol. The Morgan fingerprint density at radius 1 is 1.47 bits per heavy atom. The lowest BCUT2D eigenvalue weighted by atomic mass is 9.87. The Kier molecular flexibility index (Phi) is 4.80. The molecular formula is C14H22N2O2S. The van der Waals surface area contributed by atoms with Gasteiger partial charge in [0.2, 0.25) is 0 Å². The van der Waals surface area contributed by atoms with E-state index in [1.807, 2.05) is 5.38 Å². The Labute approximate surface area is 118 Å². The number of carboxylic acid groups (broad SMARTS) is 1. The van der Waals surface area contributed by atoms with Crippen LogP contribution in [0.3, 0.4) is 0 Å². The summed E-state index contributed by atoms with van der Waals surface area (Å²) >= 11 is 1.63. The average Bonchev–Trinajstić information content (AvgIpc) is 2.85. The number of carboxylic acids is 1. The minimum atomic E-state index is -0.760. The van der Waals surface area contributed by atoms with Gasteiger partial charge in [-0.2, -0.15) is 0 Å². The summed E-state index contributed by atoms with van der Waals surface area (Å²) in [5.74, 6) is 0.0937. The lowest BCUT2D eigenvalue weighted by molar-refractivity contribution is -0.136. The molecule has 4 nitrogen and oxygen atoms in total. The van der Waals surface area contributed by atoms with Gasteiger partial charge in [-0.05, 0) is 31.6 Å². The first kappa shape index (κ1) is 14.3. The number of thiazole rings is 1. The molecule has 0 spiro atoms. The van der Waals surface area contributed by atoms with E-state index in [0.29, 0.717) is 12.5 Å². The van der Waals surface area contributed by atoms with Crippen LogP contribution < -0.4 is 4.90 Å². The molecule has 0 bridgehead atoms. The first-order valence-corrected chi connectivity index (χ1v) is 7.83. The van der Waals surface area contributed by atoms with Gasteiger partial charge in [-0.25, -0.2) is 4.98 Å². The van der Waals surface area contributed by atoms with Crippen molar-refractivity contribution in [2.75, 3.05) is 11.9 Å². The van der Waals surface area contributed by atoms with E-state index >= 15 is 0 Å². The fourth-order valence-electron chi connectivity index (χ4n) is 2.59. The molecule has 1 fully saturated rings. The quantitative estimate of drug-likeness (QED) is 0.901. The highest BCUT2D eigenvalue weighted by molar-refractivity contribution is 7.13. The predicted octanol–water partition coefficient (Wildman–Crippen LogP) is 3.18. The molecular weight excluding hydrogens is 260 g/mol. The van der Waals surface area contributed by atoms with Gasteiger partial charge in [0.15, 0.2) is 5.13 Å². The monoisotopic (exact) mass is 282 g/mol. The summed E-state index contributed by atoms with van der Waals surface area (Å²) < 4.78 is 0. The van der Waals surface area contributed by atoms with Crippen molar-refractivity contribution in [2.45, 2.75) is 51.5 Å². The maximum atomic E-state index is 10.6. The SMILES string of the molecule is CC1CCC(N(C)c2nc(CCC(=O)O)cs2)CC1. The van der Waals surface area contributed by atoms with E-state index in [1.54, 1.807) is 11.3 Å². The number of hydrogen-bond acceptors (Lipinski definition) is 4. The highest BCUT2D eigenvalue weighted by Crippen LogP contribution is 2.30. The van der Waals surface area contributed by atoms with Crippen LogP contribution in [0.1, 0.15) is 44.7 Å². The van der Waals surface area contributed by atoms with E-state index < -0.39 is 5.97 Å². The van der Waals surface area contributed by atoms with E-state index in [-0.39, 0.29) is 6.42 Å². The van der Waals surface area contributed by atoms with Crippen molar-refractivity contribution in [1.82, 2.24) is 4.98 Å². The van der Waals surface area contributed by atoms with Gasteiger partial charge in [0, 0.05) is 24.9 Å². The second-order valence-electron chi connectivity index (χ2n) is 5.54. The summed E-state index contributed by atoms with van der Waals surface area (Å²) in [5.41, 5.74) is 0.901. The van der Waals surface area contributed by atoms with Crippen molar-refractivity contribution in [3.8, 4) is 0 Å². The summed E-state index contributed by atoms with van der Waals surface area (Å²) in [6.45, 7) is 2.32. The third-order valence-corrected chi connectivity index (χ3v) is 4.95. The number of aromatic nitrogens is 1. The number of hydrogen-bond donors (Lipinski definition) is 1. The van der Waals surface area contributed by atoms with Crippen LogP contribution in [-0.4, -0.2) is 29.1 Å². The maximum absolute atomic E-state index is 10.6. The summed E-state index contributed by atoms with van der Waals surface area (Å²) in [6, 6.07) is 0.592. The molecule has 1 N–H and O–H groups in total. The van der Waals surface area contributed by atoms with Gasteiger partial charge in [-0.15, -0.1) is 11.3 Å². The van der Waals surface area contributed by atoms with Crippen molar-refractivity contribution >= 4 is 22.4 Å². The predicted molar refractivity (Wildman–Crippen MR) is 77.9 cm³/mol. The van der Waals surface area contributed by atoms with Crippen LogP contribution in [-0.2, 0) is 11.2 Å². The number of aryl methyl sites for hydroxylation is 1. The second kappa shape index (κ2) is 6.37. The second-order valence-corrected chi connectivity index (χ2v) is 6.38. The molecule has 0 aliphatic heterocycles. The topological polar surface area (TPSA) is 53.4 Å². The van der Waals surface area contributed by atoms with Crippen LogP contribution in [0.15, 0.2) is 5.38 Å². The highest BCUT2D eigenvalue weighted by Gasteiger charge is 2.23. The van der Waals surface area contributed by atoms with Crippen molar-refractivity contribution in [3.63, 3.8) is 0 Å². The van der Waals surface area contributed by atoms with Gasteiger partial charge in [0.1, 0.15) is 0 Å². The van der Waals surface area contributed by atoms with Crippen molar-refractivity contribution in [2.24, 2.45) is 5.92 Å². The van der Waals surface area contributed by atoms with E-state index in [1.165, 1.54) is 25.7 Å². The molecule has 1 aromatic heterocycles. The zero-order valence-corrected chi connectivity index (χ0v) is 12.4. The van der Waals surface area contributed by atoms with Crippen LogP contribution in [0.25, 0.3) is 0 Å². The lowest BCUT2D eigenvalue weighted by Gasteiger charge is -2.33. The molecule has 1 saturated carbocycles. The Balaban J connectivity index is 1.92. The molecule has 0 unspecified atom stereocenters. The largest absolute Gasteiger partial charge is 0.481 e. The standard InChI is InChI=1S/C14H22N2O2S/c1-10-3-6-12(7-4-10)16(2)14-15-11(9-19-14)5-8-13(17)18/h9-10,12H,3-8H2,1-2H3,(H,17,18). The molecule has 0 radical (unpaired) electrons. The first-order chi connectivity index (χ1) is 9.06. The highest BCUT2D eigenvalue weighted by atomic mass is 32.1. The summed E-state index contributed by atoms with van der Waals surface area (Å²) in [7, 11) is 2.11. The van der Waals surface area contributed by atoms with Crippen LogP contribution in [0.4, 0.5) is 5.13 Å². The van der Waals surface area contributed by atoms with Gasteiger partial charge in [-0.3, -0.25) is 4.79 Å². The number of nitrogens with zero attached hydrogens (tertiary/aromatic N) is 2. The Morgan fingerprint density at radius 3 is 2.79 bits per heavy atom. The summed E-state index contributed by atoms with van der Waals surface area (Å²) in [5, 5.41) is 11.7. The Hall–Kier alpha value is -1.10. The zero-order chi connectivity index (χ0) is 13.8.